The zero-order chi connectivity index (χ0) is 14.7. The first kappa shape index (κ1) is 13.6. The van der Waals surface area contributed by atoms with Crippen LogP contribution in [0, 0.1) is 0 Å². The zero-order valence-corrected chi connectivity index (χ0v) is 11.6. The van der Waals surface area contributed by atoms with E-state index in [9.17, 15) is 9.59 Å². The van der Waals surface area contributed by atoms with Gasteiger partial charge in [-0.2, -0.15) is 0 Å². The third-order valence-corrected chi connectivity index (χ3v) is 3.52. The van der Waals surface area contributed by atoms with Crippen molar-refractivity contribution in [2.75, 3.05) is 32.7 Å². The average molecular weight is 287 g/mol. The molecule has 1 aliphatic rings. The second kappa shape index (κ2) is 5.92. The van der Waals surface area contributed by atoms with Crippen LogP contribution in [-0.4, -0.2) is 58.8 Å². The highest BCUT2D eigenvalue weighted by Gasteiger charge is 2.17. The maximum atomic E-state index is 12.1. The molecule has 0 radical (unpaired) electrons. The molecule has 7 nitrogen and oxygen atoms in total. The number of hydrogen-bond acceptors (Lipinski definition) is 4. The lowest BCUT2D eigenvalue weighted by molar-refractivity contribution is -0.130. The lowest BCUT2D eigenvalue weighted by Crippen LogP contribution is -2.49. The van der Waals surface area contributed by atoms with E-state index in [2.05, 4.69) is 15.6 Å². The SMILES string of the molecule is O=C(NCC(=O)N1CCNCC1)c1ccc2nccn2c1. The number of amides is 2. The van der Waals surface area contributed by atoms with Gasteiger partial charge in [0.1, 0.15) is 5.65 Å². The summed E-state index contributed by atoms with van der Waals surface area (Å²) in [6.07, 6.45) is 5.15. The number of fused-ring (bicyclic) bond motifs is 1. The Hall–Kier alpha value is -2.41. The molecule has 1 aliphatic heterocycles. The third-order valence-electron chi connectivity index (χ3n) is 3.52. The fourth-order valence-electron chi connectivity index (χ4n) is 2.34. The normalized spacial score (nSPS) is 15.1. The van der Waals surface area contributed by atoms with Crippen molar-refractivity contribution in [1.29, 1.82) is 0 Å². The number of piperazine rings is 1. The summed E-state index contributed by atoms with van der Waals surface area (Å²) in [5.74, 6) is -0.303. The van der Waals surface area contributed by atoms with Crippen molar-refractivity contribution in [2.45, 2.75) is 0 Å². The lowest BCUT2D eigenvalue weighted by Gasteiger charge is -2.27. The molecule has 3 heterocycles. The predicted molar refractivity (Wildman–Crippen MR) is 77.0 cm³/mol. The van der Waals surface area contributed by atoms with Gasteiger partial charge in [-0.25, -0.2) is 4.98 Å². The number of carbonyl (C=O) groups excluding carboxylic acids is 2. The van der Waals surface area contributed by atoms with Gasteiger partial charge in [0, 0.05) is 44.8 Å². The smallest absolute Gasteiger partial charge is 0.253 e. The van der Waals surface area contributed by atoms with Crippen LogP contribution < -0.4 is 10.6 Å². The minimum atomic E-state index is -0.255. The van der Waals surface area contributed by atoms with Gasteiger partial charge < -0.3 is 19.9 Å². The van der Waals surface area contributed by atoms with Gasteiger partial charge in [-0.15, -0.1) is 0 Å². The van der Waals surface area contributed by atoms with Gasteiger partial charge in [-0.05, 0) is 12.1 Å². The van der Waals surface area contributed by atoms with Crippen molar-refractivity contribution in [3.8, 4) is 0 Å². The number of hydrogen-bond donors (Lipinski definition) is 2. The van der Waals surface area contributed by atoms with Gasteiger partial charge in [-0.1, -0.05) is 0 Å². The second-order valence-corrected chi connectivity index (χ2v) is 4.92. The Bertz CT molecular complexity index is 660. The van der Waals surface area contributed by atoms with Gasteiger partial charge >= 0.3 is 0 Å². The second-order valence-electron chi connectivity index (χ2n) is 4.92. The van der Waals surface area contributed by atoms with Gasteiger partial charge in [0.25, 0.3) is 5.91 Å². The molecule has 1 fully saturated rings. The van der Waals surface area contributed by atoms with Crippen molar-refractivity contribution in [1.82, 2.24) is 24.9 Å². The van der Waals surface area contributed by atoms with Gasteiger partial charge in [0.15, 0.2) is 0 Å². The first-order valence-corrected chi connectivity index (χ1v) is 6.93. The summed E-state index contributed by atoms with van der Waals surface area (Å²) >= 11 is 0. The molecule has 0 aromatic carbocycles. The van der Waals surface area contributed by atoms with E-state index in [-0.39, 0.29) is 18.4 Å². The molecule has 0 unspecified atom stereocenters. The number of rotatable bonds is 3. The molecule has 0 bridgehead atoms. The molecule has 0 saturated carbocycles. The van der Waals surface area contributed by atoms with Crippen LogP contribution in [0.3, 0.4) is 0 Å². The summed E-state index contributed by atoms with van der Waals surface area (Å²) in [6, 6.07) is 3.47. The summed E-state index contributed by atoms with van der Waals surface area (Å²) in [4.78, 5) is 29.9. The van der Waals surface area contributed by atoms with E-state index in [1.54, 1.807) is 40.0 Å². The van der Waals surface area contributed by atoms with Gasteiger partial charge in [-0.3, -0.25) is 9.59 Å². The summed E-state index contributed by atoms with van der Waals surface area (Å²) < 4.78 is 1.77. The Balaban J connectivity index is 1.59. The Kier molecular flexibility index (Phi) is 3.83. The molecule has 110 valence electrons. The molecule has 21 heavy (non-hydrogen) atoms. The van der Waals surface area contributed by atoms with E-state index >= 15 is 0 Å². The quantitative estimate of drug-likeness (QED) is 0.797. The molecular weight excluding hydrogens is 270 g/mol. The fourth-order valence-corrected chi connectivity index (χ4v) is 2.34. The highest BCUT2D eigenvalue weighted by Crippen LogP contribution is 2.04. The Morgan fingerprint density at radius 1 is 1.29 bits per heavy atom. The molecule has 0 spiro atoms. The van der Waals surface area contributed by atoms with E-state index in [0.29, 0.717) is 18.7 Å². The van der Waals surface area contributed by atoms with Gasteiger partial charge in [0.2, 0.25) is 5.91 Å². The van der Waals surface area contributed by atoms with Crippen LogP contribution >= 0.6 is 0 Å². The number of nitrogens with zero attached hydrogens (tertiary/aromatic N) is 3. The zero-order valence-electron chi connectivity index (χ0n) is 11.6. The highest BCUT2D eigenvalue weighted by molar-refractivity contribution is 5.96. The minimum absolute atomic E-state index is 0.0286. The van der Waals surface area contributed by atoms with Crippen LogP contribution in [-0.2, 0) is 4.79 Å². The van der Waals surface area contributed by atoms with Crippen LogP contribution in [0.15, 0.2) is 30.7 Å². The minimum Gasteiger partial charge on any atom is -0.343 e. The summed E-state index contributed by atoms with van der Waals surface area (Å²) in [5.41, 5.74) is 1.29. The summed E-state index contributed by atoms with van der Waals surface area (Å²) in [7, 11) is 0. The van der Waals surface area contributed by atoms with Crippen LogP contribution in [0.1, 0.15) is 10.4 Å². The molecule has 1 saturated heterocycles. The van der Waals surface area contributed by atoms with E-state index in [1.165, 1.54) is 0 Å². The van der Waals surface area contributed by atoms with Crippen LogP contribution in [0.4, 0.5) is 0 Å². The molecule has 0 aliphatic carbocycles. The highest BCUT2D eigenvalue weighted by atomic mass is 16.2. The first-order chi connectivity index (χ1) is 10.2. The average Bonchev–Trinajstić information content (AvgIpc) is 3.00. The Morgan fingerprint density at radius 2 is 2.10 bits per heavy atom. The van der Waals surface area contributed by atoms with Crippen molar-refractivity contribution >= 4 is 17.5 Å². The molecule has 0 atom stereocenters. The van der Waals surface area contributed by atoms with Crippen molar-refractivity contribution in [3.05, 3.63) is 36.3 Å². The molecule has 2 aromatic rings. The maximum Gasteiger partial charge on any atom is 0.253 e. The molecule has 7 heteroatoms. The predicted octanol–water partition coefficient (Wildman–Crippen LogP) is -0.504. The number of imidazole rings is 1. The van der Waals surface area contributed by atoms with Crippen LogP contribution in [0.5, 0.6) is 0 Å². The number of aromatic nitrogens is 2. The van der Waals surface area contributed by atoms with E-state index in [1.807, 2.05) is 0 Å². The monoisotopic (exact) mass is 287 g/mol. The van der Waals surface area contributed by atoms with Crippen molar-refractivity contribution < 1.29 is 9.59 Å². The molecular formula is C14H17N5O2. The van der Waals surface area contributed by atoms with E-state index in [4.69, 9.17) is 0 Å². The third kappa shape index (κ3) is 3.03. The topological polar surface area (TPSA) is 78.7 Å². The Morgan fingerprint density at radius 3 is 2.90 bits per heavy atom. The fraction of sp³-hybridized carbons (Fsp3) is 0.357. The van der Waals surface area contributed by atoms with E-state index < -0.39 is 0 Å². The number of carbonyl (C=O) groups is 2. The standard InChI is InChI=1S/C14H17N5O2/c20-13(18-6-3-15-4-7-18)9-17-14(21)11-1-2-12-16-5-8-19(12)10-11/h1-2,5,8,10,15H,3-4,6-7,9H2,(H,17,21). The van der Waals surface area contributed by atoms with E-state index in [0.717, 1.165) is 18.7 Å². The summed E-state index contributed by atoms with van der Waals surface area (Å²) in [5, 5.41) is 5.85. The molecule has 2 N–H and O–H groups in total. The van der Waals surface area contributed by atoms with Crippen LogP contribution in [0.25, 0.3) is 5.65 Å². The number of pyridine rings is 1. The molecule has 2 amide bonds. The van der Waals surface area contributed by atoms with Crippen LogP contribution in [0.2, 0.25) is 0 Å². The first-order valence-electron chi connectivity index (χ1n) is 6.93. The molecule has 3 rings (SSSR count). The van der Waals surface area contributed by atoms with Crippen molar-refractivity contribution in [2.24, 2.45) is 0 Å². The number of nitrogens with one attached hydrogen (secondary N) is 2. The lowest BCUT2D eigenvalue weighted by atomic mass is 10.2. The maximum absolute atomic E-state index is 12.1. The Labute approximate surface area is 122 Å². The van der Waals surface area contributed by atoms with Gasteiger partial charge in [0.05, 0.1) is 12.1 Å². The van der Waals surface area contributed by atoms with Crippen molar-refractivity contribution in [3.63, 3.8) is 0 Å². The largest absolute Gasteiger partial charge is 0.343 e. The molecule has 2 aromatic heterocycles. The summed E-state index contributed by atoms with van der Waals surface area (Å²) in [6.45, 7) is 3.01.